The number of anilines is 1. The average Bonchev–Trinajstić information content (AvgIpc) is 2.73. The summed E-state index contributed by atoms with van der Waals surface area (Å²) < 4.78 is 10.0. The van der Waals surface area contributed by atoms with Crippen molar-refractivity contribution in [2.24, 2.45) is 0 Å². The molecule has 0 aliphatic heterocycles. The van der Waals surface area contributed by atoms with E-state index in [-0.39, 0.29) is 11.8 Å². The second kappa shape index (κ2) is 8.13. The molecule has 3 aromatic rings. The number of benzene rings is 3. The highest BCUT2D eigenvalue weighted by Gasteiger charge is 2.17. The van der Waals surface area contributed by atoms with Crippen molar-refractivity contribution < 1.29 is 19.1 Å². The predicted molar refractivity (Wildman–Crippen MR) is 110 cm³/mol. The van der Waals surface area contributed by atoms with Crippen LogP contribution in [-0.4, -0.2) is 26.1 Å². The van der Waals surface area contributed by atoms with E-state index in [9.17, 15) is 9.59 Å². The highest BCUT2D eigenvalue weighted by molar-refractivity contribution is 5.98. The summed E-state index contributed by atoms with van der Waals surface area (Å²) in [7, 11) is 2.97. The molecule has 0 unspecified atom stereocenters. The van der Waals surface area contributed by atoms with E-state index in [0.717, 1.165) is 27.6 Å². The van der Waals surface area contributed by atoms with Gasteiger partial charge in [-0.15, -0.1) is 0 Å². The largest absolute Gasteiger partial charge is 0.497 e. The van der Waals surface area contributed by atoms with Gasteiger partial charge >= 0.3 is 5.97 Å². The Labute approximate surface area is 164 Å². The van der Waals surface area contributed by atoms with Gasteiger partial charge in [-0.1, -0.05) is 30.3 Å². The topological polar surface area (TPSA) is 64.6 Å². The smallest absolute Gasteiger partial charge is 0.337 e. The molecule has 3 rings (SSSR count). The maximum Gasteiger partial charge on any atom is 0.337 e. The molecule has 0 bridgehead atoms. The van der Waals surface area contributed by atoms with Crippen molar-refractivity contribution in [3.05, 3.63) is 71.3 Å². The Morgan fingerprint density at radius 2 is 1.64 bits per heavy atom. The Kier molecular flexibility index (Phi) is 5.64. The molecule has 1 amide bonds. The van der Waals surface area contributed by atoms with Gasteiger partial charge in [-0.05, 0) is 60.0 Å². The second-order valence-electron chi connectivity index (χ2n) is 6.70. The molecule has 3 aromatic carbocycles. The number of hydrogen-bond acceptors (Lipinski definition) is 4. The van der Waals surface area contributed by atoms with E-state index in [4.69, 9.17) is 9.47 Å². The highest BCUT2D eigenvalue weighted by Crippen LogP contribution is 2.26. The van der Waals surface area contributed by atoms with E-state index in [1.54, 1.807) is 25.3 Å². The van der Waals surface area contributed by atoms with Crippen LogP contribution >= 0.6 is 0 Å². The van der Waals surface area contributed by atoms with Gasteiger partial charge in [0.1, 0.15) is 5.75 Å². The number of ether oxygens (including phenoxy) is 2. The van der Waals surface area contributed by atoms with Crippen molar-refractivity contribution in [2.75, 3.05) is 19.5 Å². The SMILES string of the molecule is COC(=O)c1ccc(C)c(NC(=O)[C@@H](C)c2ccc3cc(OC)ccc3c2)c1. The zero-order valence-electron chi connectivity index (χ0n) is 16.4. The van der Waals surface area contributed by atoms with E-state index < -0.39 is 5.97 Å². The Bertz CT molecular complexity index is 1040. The third-order valence-corrected chi connectivity index (χ3v) is 4.88. The van der Waals surface area contributed by atoms with Crippen molar-refractivity contribution >= 4 is 28.3 Å². The van der Waals surface area contributed by atoms with Crippen LogP contribution in [0.15, 0.2) is 54.6 Å². The fourth-order valence-corrected chi connectivity index (χ4v) is 3.03. The number of fused-ring (bicyclic) bond motifs is 1. The fourth-order valence-electron chi connectivity index (χ4n) is 3.03. The first-order valence-electron chi connectivity index (χ1n) is 9.00. The van der Waals surface area contributed by atoms with Gasteiger partial charge in [0.05, 0.1) is 25.7 Å². The number of esters is 1. The molecule has 0 aliphatic rings. The zero-order chi connectivity index (χ0) is 20.3. The molecule has 0 saturated heterocycles. The van der Waals surface area contributed by atoms with Crippen LogP contribution in [0.5, 0.6) is 5.75 Å². The van der Waals surface area contributed by atoms with Gasteiger partial charge in [-0.3, -0.25) is 4.79 Å². The van der Waals surface area contributed by atoms with Crippen LogP contribution in [0, 0.1) is 6.92 Å². The lowest BCUT2D eigenvalue weighted by atomic mass is 9.96. The van der Waals surface area contributed by atoms with Gasteiger partial charge in [-0.2, -0.15) is 0 Å². The number of carbonyl (C=O) groups is 2. The molecule has 0 aromatic heterocycles. The summed E-state index contributed by atoms with van der Waals surface area (Å²) in [5.41, 5.74) is 2.79. The zero-order valence-corrected chi connectivity index (χ0v) is 16.4. The maximum absolute atomic E-state index is 12.8. The Morgan fingerprint density at radius 1 is 0.929 bits per heavy atom. The first-order valence-corrected chi connectivity index (χ1v) is 9.00. The molecule has 5 heteroatoms. The summed E-state index contributed by atoms with van der Waals surface area (Å²) in [5.74, 6) is -0.133. The quantitative estimate of drug-likeness (QED) is 0.656. The first kappa shape index (κ1) is 19.4. The molecule has 1 N–H and O–H groups in total. The lowest BCUT2D eigenvalue weighted by Gasteiger charge is -2.15. The van der Waals surface area contributed by atoms with Crippen molar-refractivity contribution in [1.82, 2.24) is 0 Å². The number of methoxy groups -OCH3 is 2. The fraction of sp³-hybridized carbons (Fsp3) is 0.217. The molecular formula is C23H23NO4. The van der Waals surface area contributed by atoms with Gasteiger partial charge in [0, 0.05) is 5.69 Å². The van der Waals surface area contributed by atoms with Crippen molar-refractivity contribution in [2.45, 2.75) is 19.8 Å². The summed E-state index contributed by atoms with van der Waals surface area (Å²) in [5, 5.41) is 5.02. The molecular weight excluding hydrogens is 354 g/mol. The van der Waals surface area contributed by atoms with Crippen molar-refractivity contribution in [3.8, 4) is 5.75 Å². The molecule has 0 heterocycles. The Morgan fingerprint density at radius 3 is 2.36 bits per heavy atom. The number of rotatable bonds is 5. The lowest BCUT2D eigenvalue weighted by molar-refractivity contribution is -0.117. The molecule has 0 saturated carbocycles. The first-order chi connectivity index (χ1) is 13.4. The van der Waals surface area contributed by atoms with Crippen LogP contribution in [-0.2, 0) is 9.53 Å². The summed E-state index contributed by atoms with van der Waals surface area (Å²) in [6.45, 7) is 3.74. The minimum atomic E-state index is -0.437. The van der Waals surface area contributed by atoms with Crippen LogP contribution < -0.4 is 10.1 Å². The number of hydrogen-bond donors (Lipinski definition) is 1. The van der Waals surface area contributed by atoms with E-state index in [2.05, 4.69) is 5.32 Å². The standard InChI is InChI=1S/C23H23NO4/c1-14-5-6-19(23(26)28-4)13-21(14)24-22(25)15(2)16-7-8-18-12-20(27-3)10-9-17(18)11-16/h5-13,15H,1-4H3,(H,24,25)/t15-/m0/s1. The van der Waals surface area contributed by atoms with Crippen molar-refractivity contribution in [3.63, 3.8) is 0 Å². The third kappa shape index (κ3) is 3.98. The summed E-state index contributed by atoms with van der Waals surface area (Å²) in [6.07, 6.45) is 0. The van der Waals surface area contributed by atoms with Gasteiger partial charge in [0.2, 0.25) is 5.91 Å². The number of nitrogens with one attached hydrogen (secondary N) is 1. The van der Waals surface area contributed by atoms with Crippen molar-refractivity contribution in [1.29, 1.82) is 0 Å². The third-order valence-electron chi connectivity index (χ3n) is 4.88. The molecule has 28 heavy (non-hydrogen) atoms. The van der Waals surface area contributed by atoms with Crippen LogP contribution in [0.3, 0.4) is 0 Å². The number of aryl methyl sites for hydroxylation is 1. The van der Waals surface area contributed by atoms with Gasteiger partial charge in [0.15, 0.2) is 0 Å². The van der Waals surface area contributed by atoms with Crippen LogP contribution in [0.25, 0.3) is 10.8 Å². The summed E-state index contributed by atoms with van der Waals surface area (Å²) >= 11 is 0. The normalized spacial score (nSPS) is 11.7. The average molecular weight is 377 g/mol. The highest BCUT2D eigenvalue weighted by atomic mass is 16.5. The molecule has 1 atom stereocenters. The predicted octanol–water partition coefficient (Wildman–Crippen LogP) is 4.69. The number of carbonyl (C=O) groups excluding carboxylic acids is 2. The minimum Gasteiger partial charge on any atom is -0.497 e. The van der Waals surface area contributed by atoms with Crippen LogP contribution in [0.2, 0.25) is 0 Å². The molecule has 0 spiro atoms. The monoisotopic (exact) mass is 377 g/mol. The second-order valence-corrected chi connectivity index (χ2v) is 6.70. The molecule has 144 valence electrons. The van der Waals surface area contributed by atoms with E-state index in [1.807, 2.05) is 50.2 Å². The van der Waals surface area contributed by atoms with Gasteiger partial charge in [-0.25, -0.2) is 4.79 Å². The molecule has 0 radical (unpaired) electrons. The van der Waals surface area contributed by atoms with Crippen LogP contribution in [0.1, 0.15) is 34.3 Å². The molecule has 0 fully saturated rings. The summed E-state index contributed by atoms with van der Waals surface area (Å²) in [6, 6.07) is 16.9. The number of amides is 1. The van der Waals surface area contributed by atoms with E-state index in [0.29, 0.717) is 11.3 Å². The molecule has 5 nitrogen and oxygen atoms in total. The van der Waals surface area contributed by atoms with Gasteiger partial charge < -0.3 is 14.8 Å². The minimum absolute atomic E-state index is 0.141. The summed E-state index contributed by atoms with van der Waals surface area (Å²) in [4.78, 5) is 24.5. The van der Waals surface area contributed by atoms with E-state index in [1.165, 1.54) is 7.11 Å². The Hall–Kier alpha value is -3.34. The van der Waals surface area contributed by atoms with E-state index >= 15 is 0 Å². The van der Waals surface area contributed by atoms with Crippen LogP contribution in [0.4, 0.5) is 5.69 Å². The lowest BCUT2D eigenvalue weighted by Crippen LogP contribution is -2.19. The maximum atomic E-state index is 12.8. The Balaban J connectivity index is 1.83. The van der Waals surface area contributed by atoms with Gasteiger partial charge in [0.25, 0.3) is 0 Å². The molecule has 0 aliphatic carbocycles.